The molecule has 0 unspecified atom stereocenters. The average molecular weight is 343 g/mol. The van der Waals surface area contributed by atoms with Crippen LogP contribution in [0.2, 0.25) is 5.02 Å². The Hall–Kier alpha value is -2.79. The molecule has 5 nitrogen and oxygen atoms in total. The maximum atomic E-state index is 12.7. The quantitative estimate of drug-likeness (QED) is 0.861. The molecule has 1 aliphatic heterocycles. The number of hydrazone groups is 1. The van der Waals surface area contributed by atoms with E-state index in [0.717, 1.165) is 0 Å². The van der Waals surface area contributed by atoms with E-state index in [2.05, 4.69) is 5.10 Å². The monoisotopic (exact) mass is 342 g/mol. The van der Waals surface area contributed by atoms with Crippen molar-refractivity contribution in [2.24, 2.45) is 5.10 Å². The number of nitrogens with zero attached hydrogens (tertiary/aromatic N) is 2. The minimum atomic E-state index is -0.267. The molecular formula is C18H15ClN2O3. The fourth-order valence-electron chi connectivity index (χ4n) is 2.42. The van der Waals surface area contributed by atoms with E-state index in [9.17, 15) is 9.90 Å². The average Bonchev–Trinajstić information content (AvgIpc) is 2.85. The van der Waals surface area contributed by atoms with Gasteiger partial charge in [0.25, 0.3) is 5.91 Å². The number of para-hydroxylation sites is 1. The number of anilines is 1. The molecule has 0 spiro atoms. The Bertz CT molecular complexity index is 857. The van der Waals surface area contributed by atoms with Crippen LogP contribution in [0, 0.1) is 0 Å². The van der Waals surface area contributed by atoms with Crippen LogP contribution >= 0.6 is 11.6 Å². The molecule has 0 atom stereocenters. The second-order valence-electron chi connectivity index (χ2n) is 5.23. The number of carbonyl (C=O) groups is 1. The highest BCUT2D eigenvalue weighted by Gasteiger charge is 2.29. The molecule has 0 radical (unpaired) electrons. The summed E-state index contributed by atoms with van der Waals surface area (Å²) >= 11 is 5.88. The number of amides is 1. The van der Waals surface area contributed by atoms with E-state index in [1.165, 1.54) is 12.1 Å². The first-order chi connectivity index (χ1) is 11.5. The van der Waals surface area contributed by atoms with Gasteiger partial charge in [-0.3, -0.25) is 4.79 Å². The summed E-state index contributed by atoms with van der Waals surface area (Å²) in [5, 5.41) is 16.4. The number of halogens is 1. The smallest absolute Gasteiger partial charge is 0.280 e. The van der Waals surface area contributed by atoms with Gasteiger partial charge in [-0.1, -0.05) is 23.7 Å². The number of ether oxygens (including phenoxy) is 1. The molecule has 0 fully saturated rings. The van der Waals surface area contributed by atoms with Gasteiger partial charge in [-0.25, -0.2) is 0 Å². The fraction of sp³-hybridized carbons (Fsp3) is 0.111. The Kier molecular flexibility index (Phi) is 4.27. The lowest BCUT2D eigenvalue weighted by Crippen LogP contribution is -2.21. The highest BCUT2D eigenvalue weighted by Crippen LogP contribution is 2.32. The second kappa shape index (κ2) is 6.37. The Labute approximate surface area is 144 Å². The van der Waals surface area contributed by atoms with E-state index >= 15 is 0 Å². The van der Waals surface area contributed by atoms with Gasteiger partial charge in [0.05, 0.1) is 24.1 Å². The molecule has 1 amide bonds. The molecular weight excluding hydrogens is 328 g/mol. The Balaban J connectivity index is 1.97. The van der Waals surface area contributed by atoms with Gasteiger partial charge >= 0.3 is 0 Å². The lowest BCUT2D eigenvalue weighted by molar-refractivity contribution is -0.114. The third kappa shape index (κ3) is 2.86. The molecule has 0 saturated carbocycles. The predicted molar refractivity (Wildman–Crippen MR) is 94.7 cm³/mol. The normalized spacial score (nSPS) is 15.8. The maximum Gasteiger partial charge on any atom is 0.280 e. The summed E-state index contributed by atoms with van der Waals surface area (Å²) < 4.78 is 5.09. The molecule has 1 aliphatic rings. The Morgan fingerprint density at radius 1 is 1.21 bits per heavy atom. The third-order valence-corrected chi connectivity index (χ3v) is 3.94. The molecule has 6 heteroatoms. The number of benzene rings is 2. The number of rotatable bonds is 3. The van der Waals surface area contributed by atoms with E-state index in [1.54, 1.807) is 55.5 Å². The molecule has 0 bridgehead atoms. The molecule has 2 aromatic rings. The number of carbonyl (C=O) groups excluding carboxylic acids is 1. The summed E-state index contributed by atoms with van der Waals surface area (Å²) in [6.45, 7) is 1.75. The van der Waals surface area contributed by atoms with Crippen LogP contribution in [0.25, 0.3) is 6.08 Å². The minimum absolute atomic E-state index is 0.0157. The summed E-state index contributed by atoms with van der Waals surface area (Å²) in [5.41, 5.74) is 2.10. The van der Waals surface area contributed by atoms with Crippen LogP contribution < -0.4 is 9.75 Å². The lowest BCUT2D eigenvalue weighted by Gasteiger charge is -2.11. The molecule has 24 heavy (non-hydrogen) atoms. The topological polar surface area (TPSA) is 62.1 Å². The van der Waals surface area contributed by atoms with E-state index in [1.807, 2.05) is 0 Å². The van der Waals surface area contributed by atoms with Gasteiger partial charge < -0.3 is 9.84 Å². The summed E-state index contributed by atoms with van der Waals surface area (Å²) in [5.74, 6) is 0.0639. The van der Waals surface area contributed by atoms with Crippen molar-refractivity contribution in [3.8, 4) is 11.5 Å². The Morgan fingerprint density at radius 2 is 1.92 bits per heavy atom. The minimum Gasteiger partial charge on any atom is -0.504 e. The van der Waals surface area contributed by atoms with Crippen molar-refractivity contribution in [3.63, 3.8) is 0 Å². The summed E-state index contributed by atoms with van der Waals surface area (Å²) in [6, 6.07) is 11.9. The Morgan fingerprint density at radius 3 is 2.58 bits per heavy atom. The molecule has 0 aromatic heterocycles. The highest BCUT2D eigenvalue weighted by molar-refractivity contribution is 6.32. The van der Waals surface area contributed by atoms with E-state index < -0.39 is 0 Å². The van der Waals surface area contributed by atoms with Crippen LogP contribution in [-0.2, 0) is 4.79 Å². The number of hydrogen-bond donors (Lipinski definition) is 1. The highest BCUT2D eigenvalue weighted by atomic mass is 35.5. The second-order valence-corrected chi connectivity index (χ2v) is 5.67. The predicted octanol–water partition coefficient (Wildman–Crippen LogP) is 3.86. The van der Waals surface area contributed by atoms with Gasteiger partial charge in [-0.2, -0.15) is 10.1 Å². The van der Waals surface area contributed by atoms with Crippen LogP contribution in [0.4, 0.5) is 5.69 Å². The zero-order chi connectivity index (χ0) is 17.3. The van der Waals surface area contributed by atoms with Crippen molar-refractivity contribution in [3.05, 3.63) is 58.6 Å². The van der Waals surface area contributed by atoms with Gasteiger partial charge in [-0.15, -0.1) is 0 Å². The summed E-state index contributed by atoms with van der Waals surface area (Å²) in [7, 11) is 1.47. The number of aromatic hydroxyl groups is 1. The maximum absolute atomic E-state index is 12.7. The van der Waals surface area contributed by atoms with E-state index in [-0.39, 0.29) is 11.7 Å². The summed E-state index contributed by atoms with van der Waals surface area (Å²) in [4.78, 5) is 12.7. The number of phenolic OH excluding ortho intramolecular Hbond substituents is 1. The van der Waals surface area contributed by atoms with Crippen LogP contribution in [0.3, 0.4) is 0 Å². The van der Waals surface area contributed by atoms with Gasteiger partial charge in [0, 0.05) is 10.6 Å². The fourth-order valence-corrected chi connectivity index (χ4v) is 2.54. The number of methoxy groups -OCH3 is 1. The van der Waals surface area contributed by atoms with Crippen molar-refractivity contribution >= 4 is 35.0 Å². The van der Waals surface area contributed by atoms with Crippen LogP contribution in [0.15, 0.2) is 53.1 Å². The van der Waals surface area contributed by atoms with E-state index in [0.29, 0.717) is 33.3 Å². The third-order valence-electron chi connectivity index (χ3n) is 3.68. The molecule has 0 saturated heterocycles. The number of phenols is 1. The van der Waals surface area contributed by atoms with Gasteiger partial charge in [0.2, 0.25) is 0 Å². The number of hydrogen-bond acceptors (Lipinski definition) is 4. The van der Waals surface area contributed by atoms with Crippen LogP contribution in [0.5, 0.6) is 11.5 Å². The zero-order valence-corrected chi connectivity index (χ0v) is 13.9. The molecule has 1 N–H and O–H groups in total. The van der Waals surface area contributed by atoms with Crippen LogP contribution in [-0.4, -0.2) is 23.8 Å². The lowest BCUT2D eigenvalue weighted by atomic mass is 10.1. The largest absolute Gasteiger partial charge is 0.504 e. The zero-order valence-electron chi connectivity index (χ0n) is 13.2. The van der Waals surface area contributed by atoms with Crippen molar-refractivity contribution in [1.29, 1.82) is 0 Å². The standard InChI is InChI=1S/C18H15ClN2O3/c1-11-15(10-12-4-3-5-16(24-2)17(12)22)18(23)21(20-11)14-8-6-13(19)7-9-14/h3-10,22H,1-2H3. The van der Waals surface area contributed by atoms with Gasteiger partial charge in [0.1, 0.15) is 0 Å². The van der Waals surface area contributed by atoms with E-state index in [4.69, 9.17) is 16.3 Å². The molecule has 1 heterocycles. The first kappa shape index (κ1) is 16.1. The van der Waals surface area contributed by atoms with Crippen LogP contribution in [0.1, 0.15) is 12.5 Å². The van der Waals surface area contributed by atoms with Crippen molar-refractivity contribution in [1.82, 2.24) is 0 Å². The molecule has 122 valence electrons. The molecule has 3 rings (SSSR count). The first-order valence-electron chi connectivity index (χ1n) is 7.24. The van der Waals surface area contributed by atoms with Gasteiger partial charge in [-0.05, 0) is 43.3 Å². The SMILES string of the molecule is COc1cccc(C=C2C(=O)N(c3ccc(Cl)cc3)N=C2C)c1O. The molecule has 2 aromatic carbocycles. The van der Waals surface area contributed by atoms with Crippen molar-refractivity contribution in [2.45, 2.75) is 6.92 Å². The van der Waals surface area contributed by atoms with Crippen molar-refractivity contribution in [2.75, 3.05) is 12.1 Å². The van der Waals surface area contributed by atoms with Crippen molar-refractivity contribution < 1.29 is 14.6 Å². The molecule has 0 aliphatic carbocycles. The van der Waals surface area contributed by atoms with Gasteiger partial charge in [0.15, 0.2) is 11.5 Å². The summed E-state index contributed by atoms with van der Waals surface area (Å²) in [6.07, 6.45) is 1.61. The first-order valence-corrected chi connectivity index (χ1v) is 7.62.